The van der Waals surface area contributed by atoms with Gasteiger partial charge in [-0.3, -0.25) is 0 Å². The Morgan fingerprint density at radius 1 is 1.00 bits per heavy atom. The zero-order chi connectivity index (χ0) is 15.4. The Morgan fingerprint density at radius 2 is 1.50 bits per heavy atom. The molecular formula is C13H19BrO4S2. The van der Waals surface area contributed by atoms with Crippen LogP contribution < -0.4 is 0 Å². The molecule has 0 spiro atoms. The maximum absolute atomic E-state index is 12.1. The highest BCUT2D eigenvalue weighted by Crippen LogP contribution is 2.18. The zero-order valence-corrected chi connectivity index (χ0v) is 14.8. The lowest BCUT2D eigenvalue weighted by Gasteiger charge is -2.10. The van der Waals surface area contributed by atoms with Crippen LogP contribution in [-0.4, -0.2) is 34.2 Å². The summed E-state index contributed by atoms with van der Waals surface area (Å²) in [5.74, 6) is 0.416. The van der Waals surface area contributed by atoms with Crippen LogP contribution in [0.25, 0.3) is 0 Å². The van der Waals surface area contributed by atoms with Crippen molar-refractivity contribution in [2.24, 2.45) is 5.92 Å². The number of benzene rings is 1. The van der Waals surface area contributed by atoms with Gasteiger partial charge in [0.05, 0.1) is 15.5 Å². The lowest BCUT2D eigenvalue weighted by molar-refractivity contribution is 0.536. The van der Waals surface area contributed by atoms with Gasteiger partial charge in [-0.05, 0) is 43.0 Å². The third kappa shape index (κ3) is 5.18. The quantitative estimate of drug-likeness (QED) is 0.679. The molecule has 0 aromatic heterocycles. The topological polar surface area (TPSA) is 68.3 Å². The second kappa shape index (κ2) is 7.04. The molecule has 4 nitrogen and oxygen atoms in total. The highest BCUT2D eigenvalue weighted by Gasteiger charge is 2.17. The van der Waals surface area contributed by atoms with E-state index in [0.29, 0.717) is 12.3 Å². The van der Waals surface area contributed by atoms with Gasteiger partial charge in [-0.1, -0.05) is 22.9 Å². The lowest BCUT2D eigenvalue weighted by Crippen LogP contribution is -2.11. The zero-order valence-electron chi connectivity index (χ0n) is 11.5. The molecule has 0 aliphatic heterocycles. The predicted molar refractivity (Wildman–Crippen MR) is 83.8 cm³/mol. The first-order valence-electron chi connectivity index (χ1n) is 6.25. The number of halogens is 1. The van der Waals surface area contributed by atoms with Gasteiger partial charge in [0.25, 0.3) is 0 Å². The summed E-state index contributed by atoms with van der Waals surface area (Å²) in [6, 6.07) is 5.40. The monoisotopic (exact) mass is 382 g/mol. The summed E-state index contributed by atoms with van der Waals surface area (Å²) in [6.07, 6.45) is 2.63. The van der Waals surface area contributed by atoms with Gasteiger partial charge in [-0.25, -0.2) is 16.8 Å². The van der Waals surface area contributed by atoms with Crippen LogP contribution in [-0.2, 0) is 19.7 Å². The maximum Gasteiger partial charge on any atom is 0.178 e. The van der Waals surface area contributed by atoms with Crippen LogP contribution in [0.3, 0.4) is 0 Å². The van der Waals surface area contributed by atoms with Crippen molar-refractivity contribution in [2.45, 2.75) is 29.6 Å². The van der Waals surface area contributed by atoms with E-state index >= 15 is 0 Å². The molecule has 1 atom stereocenters. The summed E-state index contributed by atoms with van der Waals surface area (Å²) in [5, 5.41) is 0.858. The van der Waals surface area contributed by atoms with Crippen molar-refractivity contribution in [3.05, 3.63) is 24.3 Å². The van der Waals surface area contributed by atoms with Crippen LogP contribution in [0.5, 0.6) is 0 Å². The molecule has 0 saturated carbocycles. The number of rotatable bonds is 7. The molecule has 0 aliphatic rings. The molecule has 114 valence electrons. The molecular weight excluding hydrogens is 364 g/mol. The molecule has 0 amide bonds. The van der Waals surface area contributed by atoms with Gasteiger partial charge >= 0.3 is 0 Å². The number of alkyl halides is 1. The fraction of sp³-hybridized carbons (Fsp3) is 0.538. The van der Waals surface area contributed by atoms with Crippen LogP contribution in [0, 0.1) is 5.92 Å². The predicted octanol–water partition coefficient (Wildman–Crippen LogP) is 2.68. The second-order valence-electron chi connectivity index (χ2n) is 4.93. The Balaban J connectivity index is 2.83. The van der Waals surface area contributed by atoms with Gasteiger partial charge in [0.1, 0.15) is 0 Å². The summed E-state index contributed by atoms with van der Waals surface area (Å²) in [6.45, 7) is 2.02. The molecule has 7 heteroatoms. The molecule has 1 rings (SSSR count). The van der Waals surface area contributed by atoms with E-state index in [-0.39, 0.29) is 15.5 Å². The van der Waals surface area contributed by atoms with Crippen LogP contribution in [0.15, 0.2) is 34.1 Å². The molecule has 1 aromatic rings. The molecule has 0 heterocycles. The second-order valence-corrected chi connectivity index (χ2v) is 9.85. The molecule has 0 saturated heterocycles. The third-order valence-electron chi connectivity index (χ3n) is 3.09. The molecule has 0 aliphatic carbocycles. The summed E-state index contributed by atoms with van der Waals surface area (Å²) in [7, 11) is -6.64. The SMILES string of the molecule is CC(CCBr)CCS(=O)(=O)c1ccc(S(C)(=O)=O)cc1. The average Bonchev–Trinajstić information content (AvgIpc) is 2.36. The van der Waals surface area contributed by atoms with E-state index in [4.69, 9.17) is 0 Å². The molecule has 1 unspecified atom stereocenters. The summed E-state index contributed by atoms with van der Waals surface area (Å²) >= 11 is 3.34. The Kier molecular flexibility index (Phi) is 6.22. The Bertz CT molecular complexity index is 633. The molecule has 1 aromatic carbocycles. The largest absolute Gasteiger partial charge is 0.224 e. The fourth-order valence-electron chi connectivity index (χ4n) is 1.70. The molecule has 20 heavy (non-hydrogen) atoms. The molecule has 0 radical (unpaired) electrons. The summed E-state index contributed by atoms with van der Waals surface area (Å²) in [4.78, 5) is 0.306. The van der Waals surface area contributed by atoms with Crippen LogP contribution >= 0.6 is 15.9 Å². The van der Waals surface area contributed by atoms with Crippen molar-refractivity contribution in [3.63, 3.8) is 0 Å². The summed E-state index contributed by atoms with van der Waals surface area (Å²) < 4.78 is 46.9. The first kappa shape index (κ1) is 17.7. The molecule has 0 bridgehead atoms. The summed E-state index contributed by atoms with van der Waals surface area (Å²) in [5.41, 5.74) is 0. The Labute approximate surface area is 129 Å². The minimum atomic E-state index is -3.35. The van der Waals surface area contributed by atoms with E-state index in [9.17, 15) is 16.8 Å². The number of hydrogen-bond donors (Lipinski definition) is 0. The molecule has 0 N–H and O–H groups in total. The standard InChI is InChI=1S/C13H19BrO4S2/c1-11(7-9-14)8-10-20(17,18)13-5-3-12(4-6-13)19(2,15)16/h3-6,11H,7-10H2,1-2H3. The first-order valence-corrected chi connectivity index (χ1v) is 10.9. The highest BCUT2D eigenvalue weighted by molar-refractivity contribution is 9.09. The average molecular weight is 383 g/mol. The number of hydrogen-bond acceptors (Lipinski definition) is 4. The van der Waals surface area contributed by atoms with Crippen molar-refractivity contribution >= 4 is 35.6 Å². The molecule has 0 fully saturated rings. The highest BCUT2D eigenvalue weighted by atomic mass is 79.9. The van der Waals surface area contributed by atoms with Crippen LogP contribution in [0.2, 0.25) is 0 Å². The maximum atomic E-state index is 12.1. The van der Waals surface area contributed by atoms with Gasteiger partial charge in [0.15, 0.2) is 19.7 Å². The van der Waals surface area contributed by atoms with E-state index in [1.54, 1.807) is 0 Å². The Morgan fingerprint density at radius 3 is 1.95 bits per heavy atom. The van der Waals surface area contributed by atoms with E-state index < -0.39 is 19.7 Å². The minimum Gasteiger partial charge on any atom is -0.224 e. The van der Waals surface area contributed by atoms with E-state index in [1.807, 2.05) is 6.92 Å². The van der Waals surface area contributed by atoms with E-state index in [0.717, 1.165) is 18.0 Å². The van der Waals surface area contributed by atoms with Gasteiger partial charge in [0.2, 0.25) is 0 Å². The van der Waals surface area contributed by atoms with Gasteiger partial charge in [-0.15, -0.1) is 0 Å². The fourth-order valence-corrected chi connectivity index (χ4v) is 4.61. The van der Waals surface area contributed by atoms with Crippen molar-refractivity contribution in [2.75, 3.05) is 17.3 Å². The smallest absolute Gasteiger partial charge is 0.178 e. The number of sulfone groups is 2. The van der Waals surface area contributed by atoms with Gasteiger partial charge in [-0.2, -0.15) is 0 Å². The van der Waals surface area contributed by atoms with Gasteiger partial charge < -0.3 is 0 Å². The normalized spacial score (nSPS) is 14.2. The van der Waals surface area contributed by atoms with Crippen molar-refractivity contribution < 1.29 is 16.8 Å². The van der Waals surface area contributed by atoms with Gasteiger partial charge in [0, 0.05) is 11.6 Å². The lowest BCUT2D eigenvalue weighted by atomic mass is 10.1. The van der Waals surface area contributed by atoms with Crippen LogP contribution in [0.4, 0.5) is 0 Å². The Hall–Kier alpha value is -0.400. The van der Waals surface area contributed by atoms with Crippen molar-refractivity contribution in [1.29, 1.82) is 0 Å². The first-order chi connectivity index (χ1) is 9.16. The van der Waals surface area contributed by atoms with E-state index in [2.05, 4.69) is 15.9 Å². The van der Waals surface area contributed by atoms with Crippen molar-refractivity contribution in [3.8, 4) is 0 Å². The van der Waals surface area contributed by atoms with Crippen molar-refractivity contribution in [1.82, 2.24) is 0 Å². The third-order valence-corrected chi connectivity index (χ3v) is 6.44. The minimum absolute atomic E-state index is 0.0827. The van der Waals surface area contributed by atoms with E-state index in [1.165, 1.54) is 24.3 Å². The van der Waals surface area contributed by atoms with Crippen LogP contribution in [0.1, 0.15) is 19.8 Å².